The maximum atomic E-state index is 12.8. The molecule has 0 bridgehead atoms. The lowest BCUT2D eigenvalue weighted by Gasteiger charge is -2.19. The Kier molecular flexibility index (Phi) is 7.34. The van der Waals surface area contributed by atoms with Crippen molar-refractivity contribution < 1.29 is 22.4 Å². The van der Waals surface area contributed by atoms with Crippen molar-refractivity contribution in [3.8, 4) is 0 Å². The largest absolute Gasteiger partial charge is 0.459 e. The SMILES string of the molecule is CCN(CC)S(=O)(=O)c1cc(NC(=O)c2cccc(NC(=O)c3ccco3)c2)ccc1Cl. The van der Waals surface area contributed by atoms with E-state index in [1.165, 1.54) is 40.9 Å². The Morgan fingerprint density at radius 1 is 0.938 bits per heavy atom. The number of furan rings is 1. The molecule has 0 radical (unpaired) electrons. The Morgan fingerprint density at radius 2 is 1.62 bits per heavy atom. The normalized spacial score (nSPS) is 11.4. The van der Waals surface area contributed by atoms with E-state index in [9.17, 15) is 18.0 Å². The number of halogens is 1. The summed E-state index contributed by atoms with van der Waals surface area (Å²) in [5.41, 5.74) is 0.945. The highest BCUT2D eigenvalue weighted by Crippen LogP contribution is 2.28. The third-order valence-corrected chi connectivity index (χ3v) is 7.17. The zero-order chi connectivity index (χ0) is 23.3. The van der Waals surface area contributed by atoms with Crippen molar-refractivity contribution in [2.45, 2.75) is 18.7 Å². The van der Waals surface area contributed by atoms with Gasteiger partial charge in [-0.1, -0.05) is 31.5 Å². The summed E-state index contributed by atoms with van der Waals surface area (Å²) in [6.07, 6.45) is 1.39. The maximum Gasteiger partial charge on any atom is 0.291 e. The molecule has 3 aromatic rings. The van der Waals surface area contributed by atoms with E-state index in [1.807, 2.05) is 0 Å². The van der Waals surface area contributed by atoms with Gasteiger partial charge in [0.1, 0.15) is 4.90 Å². The smallest absolute Gasteiger partial charge is 0.291 e. The first kappa shape index (κ1) is 23.5. The third kappa shape index (κ3) is 5.18. The van der Waals surface area contributed by atoms with Gasteiger partial charge in [0.2, 0.25) is 10.0 Å². The fourth-order valence-electron chi connectivity index (χ4n) is 3.02. The number of anilines is 2. The van der Waals surface area contributed by atoms with E-state index in [4.69, 9.17) is 16.0 Å². The summed E-state index contributed by atoms with van der Waals surface area (Å²) < 4.78 is 32.0. The molecule has 0 atom stereocenters. The number of hydrogen-bond acceptors (Lipinski definition) is 5. The number of carbonyl (C=O) groups is 2. The minimum absolute atomic E-state index is 0.0672. The molecule has 8 nitrogen and oxygen atoms in total. The number of rotatable bonds is 8. The molecule has 0 saturated heterocycles. The Hall–Kier alpha value is -3.14. The van der Waals surface area contributed by atoms with Crippen LogP contribution in [0.15, 0.2) is 70.2 Å². The van der Waals surface area contributed by atoms with Crippen LogP contribution in [0.25, 0.3) is 0 Å². The lowest BCUT2D eigenvalue weighted by Crippen LogP contribution is -2.30. The van der Waals surface area contributed by atoms with Crippen molar-refractivity contribution in [1.29, 1.82) is 0 Å². The summed E-state index contributed by atoms with van der Waals surface area (Å²) in [5.74, 6) is -0.785. The number of sulfonamides is 1. The van der Waals surface area contributed by atoms with Gasteiger partial charge in [-0.05, 0) is 48.5 Å². The molecule has 2 N–H and O–H groups in total. The van der Waals surface area contributed by atoms with Crippen molar-refractivity contribution in [1.82, 2.24) is 4.31 Å². The second kappa shape index (κ2) is 9.99. The summed E-state index contributed by atoms with van der Waals surface area (Å²) in [6, 6.07) is 13.7. The van der Waals surface area contributed by atoms with Gasteiger partial charge in [0.25, 0.3) is 11.8 Å². The summed E-state index contributed by atoms with van der Waals surface area (Å²) in [6.45, 7) is 4.06. The van der Waals surface area contributed by atoms with E-state index < -0.39 is 21.8 Å². The standard InChI is InChI=1S/C22H22ClN3O5S/c1-3-26(4-2)32(29,30)20-14-17(10-11-18(20)23)24-21(27)15-7-5-8-16(13-15)25-22(28)19-9-6-12-31-19/h5-14H,3-4H2,1-2H3,(H,24,27)(H,25,28). The van der Waals surface area contributed by atoms with Crippen LogP contribution >= 0.6 is 11.6 Å². The van der Waals surface area contributed by atoms with E-state index in [0.29, 0.717) is 18.8 Å². The Labute approximate surface area is 191 Å². The van der Waals surface area contributed by atoms with Crippen molar-refractivity contribution >= 4 is 44.8 Å². The van der Waals surface area contributed by atoms with Crippen LogP contribution in [0.4, 0.5) is 11.4 Å². The number of benzene rings is 2. The highest BCUT2D eigenvalue weighted by Gasteiger charge is 2.25. The van der Waals surface area contributed by atoms with Crippen LogP contribution in [0.3, 0.4) is 0 Å². The summed E-state index contributed by atoms with van der Waals surface area (Å²) in [5, 5.41) is 5.39. The summed E-state index contributed by atoms with van der Waals surface area (Å²) in [7, 11) is -3.80. The molecule has 1 aromatic heterocycles. The average molecular weight is 476 g/mol. The molecule has 0 fully saturated rings. The molecule has 0 saturated carbocycles. The van der Waals surface area contributed by atoms with Gasteiger partial charge in [0.05, 0.1) is 11.3 Å². The van der Waals surface area contributed by atoms with E-state index >= 15 is 0 Å². The molecular formula is C22H22ClN3O5S. The second-order valence-corrected chi connectivity index (χ2v) is 9.01. The zero-order valence-corrected chi connectivity index (χ0v) is 19.0. The molecule has 10 heteroatoms. The van der Waals surface area contributed by atoms with Gasteiger partial charge in [-0.15, -0.1) is 0 Å². The lowest BCUT2D eigenvalue weighted by atomic mass is 10.1. The van der Waals surface area contributed by atoms with Gasteiger partial charge < -0.3 is 15.1 Å². The van der Waals surface area contributed by atoms with E-state index in [0.717, 1.165) is 0 Å². The molecule has 1 heterocycles. The maximum absolute atomic E-state index is 12.8. The van der Waals surface area contributed by atoms with Gasteiger partial charge in [-0.3, -0.25) is 9.59 Å². The number of carbonyl (C=O) groups excluding carboxylic acids is 2. The lowest BCUT2D eigenvalue weighted by molar-refractivity contribution is 0.0993. The van der Waals surface area contributed by atoms with Crippen LogP contribution < -0.4 is 10.6 Å². The topological polar surface area (TPSA) is 109 Å². The fourth-order valence-corrected chi connectivity index (χ4v) is 4.98. The molecule has 0 spiro atoms. The predicted octanol–water partition coefficient (Wildman–Crippen LogP) is 4.47. The van der Waals surface area contributed by atoms with Crippen molar-refractivity contribution in [2.24, 2.45) is 0 Å². The highest BCUT2D eigenvalue weighted by atomic mass is 35.5. The summed E-state index contributed by atoms with van der Waals surface area (Å²) >= 11 is 6.14. The molecule has 2 amide bonds. The van der Waals surface area contributed by atoms with Crippen LogP contribution in [0, 0.1) is 0 Å². The molecule has 0 aliphatic carbocycles. The Morgan fingerprint density at radius 3 is 2.28 bits per heavy atom. The number of hydrogen-bond donors (Lipinski definition) is 2. The van der Waals surface area contributed by atoms with E-state index in [2.05, 4.69) is 10.6 Å². The quantitative estimate of drug-likeness (QED) is 0.499. The summed E-state index contributed by atoms with van der Waals surface area (Å²) in [4.78, 5) is 24.8. The molecule has 2 aromatic carbocycles. The van der Waals surface area contributed by atoms with E-state index in [1.54, 1.807) is 38.1 Å². The van der Waals surface area contributed by atoms with Crippen LogP contribution in [-0.2, 0) is 10.0 Å². The number of nitrogens with one attached hydrogen (secondary N) is 2. The van der Waals surface area contributed by atoms with Gasteiger partial charge in [0, 0.05) is 30.0 Å². The van der Waals surface area contributed by atoms with Crippen LogP contribution in [0.1, 0.15) is 34.8 Å². The molecule has 168 valence electrons. The molecule has 0 aliphatic heterocycles. The second-order valence-electron chi connectivity index (χ2n) is 6.70. The predicted molar refractivity (Wildman–Crippen MR) is 123 cm³/mol. The first-order valence-electron chi connectivity index (χ1n) is 9.82. The van der Waals surface area contributed by atoms with Gasteiger partial charge in [-0.25, -0.2) is 8.42 Å². The zero-order valence-electron chi connectivity index (χ0n) is 17.5. The average Bonchev–Trinajstić information content (AvgIpc) is 3.31. The molecular weight excluding hydrogens is 454 g/mol. The van der Waals surface area contributed by atoms with Gasteiger partial charge >= 0.3 is 0 Å². The number of nitrogens with zero attached hydrogens (tertiary/aromatic N) is 1. The first-order chi connectivity index (χ1) is 15.3. The Bertz CT molecular complexity index is 1220. The van der Waals surface area contributed by atoms with Crippen molar-refractivity contribution in [2.75, 3.05) is 23.7 Å². The number of amides is 2. The first-order valence-corrected chi connectivity index (χ1v) is 11.6. The third-order valence-electron chi connectivity index (χ3n) is 4.64. The molecule has 0 unspecified atom stereocenters. The van der Waals surface area contributed by atoms with E-state index in [-0.39, 0.29) is 26.9 Å². The fraction of sp³-hybridized carbons (Fsp3) is 0.182. The van der Waals surface area contributed by atoms with Gasteiger partial charge in [-0.2, -0.15) is 4.31 Å². The molecule has 3 rings (SSSR count). The van der Waals surface area contributed by atoms with Crippen LogP contribution in [0.2, 0.25) is 5.02 Å². The van der Waals surface area contributed by atoms with Crippen molar-refractivity contribution in [3.05, 3.63) is 77.2 Å². The van der Waals surface area contributed by atoms with Gasteiger partial charge in [0.15, 0.2) is 5.76 Å². The Balaban J connectivity index is 1.80. The van der Waals surface area contributed by atoms with Crippen molar-refractivity contribution in [3.63, 3.8) is 0 Å². The monoisotopic (exact) mass is 475 g/mol. The molecule has 0 aliphatic rings. The highest BCUT2D eigenvalue weighted by molar-refractivity contribution is 7.89. The van der Waals surface area contributed by atoms with Crippen LogP contribution in [-0.4, -0.2) is 37.6 Å². The van der Waals surface area contributed by atoms with Crippen LogP contribution in [0.5, 0.6) is 0 Å². The minimum Gasteiger partial charge on any atom is -0.459 e. The minimum atomic E-state index is -3.80. The molecule has 32 heavy (non-hydrogen) atoms.